The first-order valence-electron chi connectivity index (χ1n) is 7.61. The molecule has 1 amide bonds. The van der Waals surface area contributed by atoms with E-state index in [1.54, 1.807) is 23.1 Å². The molecule has 1 saturated carbocycles. The minimum atomic E-state index is -0.373. The molecule has 118 valence electrons. The van der Waals surface area contributed by atoms with Gasteiger partial charge in [-0.15, -0.1) is 11.3 Å². The van der Waals surface area contributed by atoms with E-state index in [1.807, 2.05) is 6.92 Å². The summed E-state index contributed by atoms with van der Waals surface area (Å²) < 4.78 is 0. The average molecular weight is 329 g/mol. The van der Waals surface area contributed by atoms with Gasteiger partial charge in [0.2, 0.25) is 5.91 Å². The summed E-state index contributed by atoms with van der Waals surface area (Å²) >= 11 is 3.40. The molecule has 0 spiro atoms. The molecule has 1 heterocycles. The zero-order chi connectivity index (χ0) is 15.1. The van der Waals surface area contributed by atoms with Crippen LogP contribution in [0.15, 0.2) is 5.38 Å². The number of carbonyl (C=O) groups excluding carboxylic acids is 1. The second kappa shape index (κ2) is 8.76. The lowest BCUT2D eigenvalue weighted by molar-refractivity contribution is -0.122. The van der Waals surface area contributed by atoms with E-state index in [-0.39, 0.29) is 18.1 Å². The maximum atomic E-state index is 11.9. The first kappa shape index (κ1) is 16.8. The number of carbonyl (C=O) groups is 1. The number of rotatable bonds is 6. The molecular formula is C15H24N2O2S2. The average Bonchev–Trinajstić information content (AvgIpc) is 2.76. The Morgan fingerprint density at radius 2 is 2.29 bits per heavy atom. The van der Waals surface area contributed by atoms with Crippen LogP contribution in [-0.4, -0.2) is 33.9 Å². The summed E-state index contributed by atoms with van der Waals surface area (Å²) in [5.41, 5.74) is 1.10. The zero-order valence-corrected chi connectivity index (χ0v) is 14.1. The smallest absolute Gasteiger partial charge is 0.221 e. The molecule has 1 aromatic heterocycles. The Hall–Kier alpha value is -0.590. The van der Waals surface area contributed by atoms with Crippen LogP contribution in [0.25, 0.3) is 0 Å². The molecule has 0 bridgehead atoms. The number of amides is 1. The Bertz CT molecular complexity index is 451. The third-order valence-electron chi connectivity index (χ3n) is 3.72. The Morgan fingerprint density at radius 1 is 1.48 bits per heavy atom. The molecule has 1 fully saturated rings. The number of aromatic nitrogens is 1. The van der Waals surface area contributed by atoms with E-state index < -0.39 is 0 Å². The number of hydrogen-bond acceptors (Lipinski definition) is 5. The highest BCUT2D eigenvalue weighted by Gasteiger charge is 2.22. The first-order chi connectivity index (χ1) is 10.1. The van der Waals surface area contributed by atoms with E-state index in [0.717, 1.165) is 54.3 Å². The minimum Gasteiger partial charge on any atom is -0.391 e. The number of hydrogen-bond donors (Lipinski definition) is 2. The predicted molar refractivity (Wildman–Crippen MR) is 88.7 cm³/mol. The van der Waals surface area contributed by atoms with Crippen LogP contribution in [-0.2, 0) is 10.5 Å². The van der Waals surface area contributed by atoms with Gasteiger partial charge in [0.15, 0.2) is 0 Å². The number of thiazole rings is 1. The maximum absolute atomic E-state index is 11.9. The Balaban J connectivity index is 1.62. The molecule has 0 radical (unpaired) electrons. The summed E-state index contributed by atoms with van der Waals surface area (Å²) in [5.74, 6) is 1.72. The Labute approximate surface area is 134 Å². The number of aliphatic hydroxyl groups excluding tert-OH is 1. The summed E-state index contributed by atoms with van der Waals surface area (Å²) in [6.45, 7) is 2.00. The highest BCUT2D eigenvalue weighted by molar-refractivity contribution is 7.98. The second-order valence-corrected chi connectivity index (χ2v) is 7.71. The molecule has 1 aromatic rings. The SMILES string of the molecule is Cc1nc(CSCCC(=O)NC2CCCCCC2O)cs1. The lowest BCUT2D eigenvalue weighted by atomic mass is 10.1. The lowest BCUT2D eigenvalue weighted by Crippen LogP contribution is -2.42. The molecule has 0 aromatic carbocycles. The van der Waals surface area contributed by atoms with Gasteiger partial charge in [-0.05, 0) is 19.8 Å². The standard InChI is InChI=1S/C15H24N2O2S2/c1-11-16-12(10-21-11)9-20-8-7-15(19)17-13-5-3-2-4-6-14(13)18/h10,13-14,18H,2-9H2,1H3,(H,17,19). The van der Waals surface area contributed by atoms with Crippen LogP contribution in [0.3, 0.4) is 0 Å². The molecule has 4 nitrogen and oxygen atoms in total. The van der Waals surface area contributed by atoms with Crippen molar-refractivity contribution in [1.82, 2.24) is 10.3 Å². The molecule has 2 rings (SSSR count). The minimum absolute atomic E-state index is 0.0498. The normalized spacial score (nSPS) is 22.8. The quantitative estimate of drug-likeness (QED) is 0.623. The predicted octanol–water partition coefficient (Wildman–Crippen LogP) is 2.88. The van der Waals surface area contributed by atoms with Gasteiger partial charge < -0.3 is 10.4 Å². The molecule has 2 unspecified atom stereocenters. The third kappa shape index (κ3) is 5.96. The van der Waals surface area contributed by atoms with Crippen molar-refractivity contribution in [3.8, 4) is 0 Å². The van der Waals surface area contributed by atoms with Crippen molar-refractivity contribution in [1.29, 1.82) is 0 Å². The summed E-state index contributed by atoms with van der Waals surface area (Å²) in [6.07, 6.45) is 5.17. The van der Waals surface area contributed by atoms with Gasteiger partial charge in [-0.3, -0.25) is 4.79 Å². The molecular weight excluding hydrogens is 304 g/mol. The largest absolute Gasteiger partial charge is 0.391 e. The van der Waals surface area contributed by atoms with Crippen LogP contribution in [0.5, 0.6) is 0 Å². The first-order valence-corrected chi connectivity index (χ1v) is 9.65. The number of aryl methyl sites for hydroxylation is 1. The van der Waals surface area contributed by atoms with Crippen molar-refractivity contribution >= 4 is 29.0 Å². The fraction of sp³-hybridized carbons (Fsp3) is 0.733. The lowest BCUT2D eigenvalue weighted by Gasteiger charge is -2.21. The highest BCUT2D eigenvalue weighted by atomic mass is 32.2. The van der Waals surface area contributed by atoms with Gasteiger partial charge in [0.05, 0.1) is 22.8 Å². The Morgan fingerprint density at radius 3 is 3.05 bits per heavy atom. The van der Waals surface area contributed by atoms with E-state index in [9.17, 15) is 9.90 Å². The van der Waals surface area contributed by atoms with Crippen molar-refractivity contribution in [2.75, 3.05) is 5.75 Å². The number of nitrogens with one attached hydrogen (secondary N) is 1. The molecule has 1 aliphatic rings. The number of thioether (sulfide) groups is 1. The fourth-order valence-electron chi connectivity index (χ4n) is 2.55. The molecule has 6 heteroatoms. The van der Waals surface area contributed by atoms with E-state index >= 15 is 0 Å². The van der Waals surface area contributed by atoms with Gasteiger partial charge in [-0.25, -0.2) is 4.98 Å². The summed E-state index contributed by atoms with van der Waals surface area (Å²) in [4.78, 5) is 16.3. The number of aliphatic hydroxyl groups is 1. The van der Waals surface area contributed by atoms with E-state index in [2.05, 4.69) is 15.7 Å². The van der Waals surface area contributed by atoms with Gasteiger partial charge >= 0.3 is 0 Å². The van der Waals surface area contributed by atoms with Crippen molar-refractivity contribution in [3.05, 3.63) is 16.1 Å². The van der Waals surface area contributed by atoms with Gasteiger partial charge in [0.25, 0.3) is 0 Å². The summed E-state index contributed by atoms with van der Waals surface area (Å²) in [7, 11) is 0. The van der Waals surface area contributed by atoms with Crippen molar-refractivity contribution in [2.45, 2.75) is 63.3 Å². The zero-order valence-electron chi connectivity index (χ0n) is 12.5. The van der Waals surface area contributed by atoms with Crippen molar-refractivity contribution in [2.24, 2.45) is 0 Å². The van der Waals surface area contributed by atoms with Crippen LogP contribution in [0.2, 0.25) is 0 Å². The Kier molecular flexibility index (Phi) is 6.99. The van der Waals surface area contributed by atoms with E-state index in [0.29, 0.717) is 6.42 Å². The molecule has 1 aliphatic carbocycles. The van der Waals surface area contributed by atoms with Crippen LogP contribution < -0.4 is 5.32 Å². The molecule has 0 saturated heterocycles. The van der Waals surface area contributed by atoms with Gasteiger partial charge in [-0.1, -0.05) is 19.3 Å². The topological polar surface area (TPSA) is 62.2 Å². The molecule has 0 aliphatic heterocycles. The fourth-order valence-corrected chi connectivity index (χ4v) is 4.10. The van der Waals surface area contributed by atoms with E-state index in [1.165, 1.54) is 0 Å². The van der Waals surface area contributed by atoms with Crippen LogP contribution >= 0.6 is 23.1 Å². The van der Waals surface area contributed by atoms with Crippen LogP contribution in [0.1, 0.15) is 49.2 Å². The van der Waals surface area contributed by atoms with Gasteiger partial charge in [-0.2, -0.15) is 11.8 Å². The summed E-state index contributed by atoms with van der Waals surface area (Å²) in [6, 6.07) is -0.0498. The number of nitrogens with zero attached hydrogens (tertiary/aromatic N) is 1. The van der Waals surface area contributed by atoms with Gasteiger partial charge in [0, 0.05) is 23.3 Å². The van der Waals surface area contributed by atoms with Crippen LogP contribution in [0, 0.1) is 6.92 Å². The highest BCUT2D eigenvalue weighted by Crippen LogP contribution is 2.19. The van der Waals surface area contributed by atoms with Crippen molar-refractivity contribution < 1.29 is 9.90 Å². The van der Waals surface area contributed by atoms with Crippen molar-refractivity contribution in [3.63, 3.8) is 0 Å². The van der Waals surface area contributed by atoms with E-state index in [4.69, 9.17) is 0 Å². The maximum Gasteiger partial charge on any atom is 0.221 e. The summed E-state index contributed by atoms with van der Waals surface area (Å²) in [5, 5.41) is 16.2. The second-order valence-electron chi connectivity index (χ2n) is 5.54. The monoisotopic (exact) mass is 328 g/mol. The molecule has 2 N–H and O–H groups in total. The molecule has 2 atom stereocenters. The third-order valence-corrected chi connectivity index (χ3v) is 5.53. The van der Waals surface area contributed by atoms with Crippen LogP contribution in [0.4, 0.5) is 0 Å². The molecule has 21 heavy (non-hydrogen) atoms. The van der Waals surface area contributed by atoms with Gasteiger partial charge in [0.1, 0.15) is 0 Å².